The number of furan rings is 1. The largest absolute Gasteiger partial charge is 0.467 e. The van der Waals surface area contributed by atoms with Gasteiger partial charge in [0.1, 0.15) is 5.76 Å². The first-order valence-electron chi connectivity index (χ1n) is 10.4. The number of benzene rings is 2. The highest BCUT2D eigenvalue weighted by atomic mass is 16.3. The lowest BCUT2D eigenvalue weighted by molar-refractivity contribution is 0.0947. The highest BCUT2D eigenvalue weighted by molar-refractivity contribution is 5.94. The molecule has 0 radical (unpaired) electrons. The van der Waals surface area contributed by atoms with Crippen molar-refractivity contribution in [1.82, 2.24) is 10.2 Å². The monoisotopic (exact) mass is 388 g/mol. The smallest absolute Gasteiger partial charge is 0.251 e. The van der Waals surface area contributed by atoms with Gasteiger partial charge in [-0.2, -0.15) is 0 Å². The third kappa shape index (κ3) is 5.58. The van der Waals surface area contributed by atoms with E-state index in [0.717, 1.165) is 31.3 Å². The van der Waals surface area contributed by atoms with E-state index < -0.39 is 0 Å². The molecule has 0 spiro atoms. The zero-order chi connectivity index (χ0) is 19.9. The molecule has 150 valence electrons. The van der Waals surface area contributed by atoms with Gasteiger partial charge in [-0.15, -0.1) is 0 Å². The van der Waals surface area contributed by atoms with E-state index in [9.17, 15) is 4.79 Å². The summed E-state index contributed by atoms with van der Waals surface area (Å²) >= 11 is 0. The summed E-state index contributed by atoms with van der Waals surface area (Å²) in [5.41, 5.74) is 3.34. The van der Waals surface area contributed by atoms with Crippen LogP contribution in [0.4, 0.5) is 0 Å². The first kappa shape index (κ1) is 19.5. The molecule has 0 bridgehead atoms. The minimum absolute atomic E-state index is 0.0650. The summed E-state index contributed by atoms with van der Waals surface area (Å²) in [5, 5.41) is 2.91. The van der Waals surface area contributed by atoms with Gasteiger partial charge in [0.2, 0.25) is 0 Å². The van der Waals surface area contributed by atoms with Gasteiger partial charge >= 0.3 is 0 Å². The molecule has 1 fully saturated rings. The van der Waals surface area contributed by atoms with E-state index in [1.165, 1.54) is 30.4 Å². The molecule has 1 amide bonds. The quantitative estimate of drug-likeness (QED) is 0.640. The van der Waals surface area contributed by atoms with Gasteiger partial charge in [-0.05, 0) is 73.7 Å². The molecule has 1 saturated heterocycles. The van der Waals surface area contributed by atoms with Crippen LogP contribution in [0.5, 0.6) is 0 Å². The lowest BCUT2D eigenvalue weighted by Crippen LogP contribution is -2.34. The molecule has 2 aromatic carbocycles. The van der Waals surface area contributed by atoms with Crippen molar-refractivity contribution in [2.75, 3.05) is 13.1 Å². The Balaban J connectivity index is 1.26. The van der Waals surface area contributed by atoms with Gasteiger partial charge in [0, 0.05) is 12.1 Å². The highest BCUT2D eigenvalue weighted by Crippen LogP contribution is 2.23. The Morgan fingerprint density at radius 1 is 0.966 bits per heavy atom. The molecule has 2 heterocycles. The van der Waals surface area contributed by atoms with Crippen molar-refractivity contribution in [3.63, 3.8) is 0 Å². The molecule has 0 saturated carbocycles. The van der Waals surface area contributed by atoms with Gasteiger partial charge in [0.25, 0.3) is 5.91 Å². The number of hydrogen-bond acceptors (Lipinski definition) is 3. The summed E-state index contributed by atoms with van der Waals surface area (Å²) in [5.74, 6) is 1.46. The Morgan fingerprint density at radius 2 is 1.76 bits per heavy atom. The van der Waals surface area contributed by atoms with Crippen LogP contribution in [0.2, 0.25) is 0 Å². The lowest BCUT2D eigenvalue weighted by Gasteiger charge is -2.32. The number of piperidine rings is 1. The number of carbonyl (C=O) groups is 1. The minimum Gasteiger partial charge on any atom is -0.467 e. The normalized spacial score (nSPS) is 15.3. The van der Waals surface area contributed by atoms with Crippen molar-refractivity contribution in [2.45, 2.75) is 32.4 Å². The van der Waals surface area contributed by atoms with Gasteiger partial charge < -0.3 is 9.73 Å². The zero-order valence-electron chi connectivity index (χ0n) is 16.7. The number of likely N-dealkylation sites (tertiary alicyclic amines) is 1. The van der Waals surface area contributed by atoms with Crippen LogP contribution < -0.4 is 5.32 Å². The van der Waals surface area contributed by atoms with Crippen LogP contribution >= 0.6 is 0 Å². The zero-order valence-corrected chi connectivity index (χ0v) is 16.7. The Hall–Kier alpha value is -2.85. The van der Waals surface area contributed by atoms with E-state index in [1.807, 2.05) is 30.3 Å². The first-order valence-corrected chi connectivity index (χ1v) is 10.4. The molecule has 4 nitrogen and oxygen atoms in total. The van der Waals surface area contributed by atoms with Crippen LogP contribution in [0.1, 0.15) is 40.1 Å². The van der Waals surface area contributed by atoms with Crippen molar-refractivity contribution in [3.05, 3.63) is 95.4 Å². The molecule has 1 aliphatic heterocycles. The van der Waals surface area contributed by atoms with Crippen LogP contribution in [0.25, 0.3) is 0 Å². The van der Waals surface area contributed by atoms with Crippen molar-refractivity contribution in [3.8, 4) is 0 Å². The van der Waals surface area contributed by atoms with Crippen LogP contribution in [0, 0.1) is 5.92 Å². The van der Waals surface area contributed by atoms with E-state index in [-0.39, 0.29) is 5.91 Å². The molecule has 0 unspecified atom stereocenters. The molecule has 1 aliphatic rings. The second-order valence-electron chi connectivity index (χ2n) is 7.87. The maximum atomic E-state index is 12.4. The molecule has 0 atom stereocenters. The Morgan fingerprint density at radius 3 is 2.52 bits per heavy atom. The molecule has 3 aromatic rings. The number of nitrogens with zero attached hydrogens (tertiary/aromatic N) is 1. The summed E-state index contributed by atoms with van der Waals surface area (Å²) in [4.78, 5) is 14.9. The molecule has 29 heavy (non-hydrogen) atoms. The summed E-state index contributed by atoms with van der Waals surface area (Å²) in [7, 11) is 0. The van der Waals surface area contributed by atoms with Gasteiger partial charge in [-0.1, -0.05) is 42.5 Å². The molecule has 0 aliphatic carbocycles. The second-order valence-corrected chi connectivity index (χ2v) is 7.87. The van der Waals surface area contributed by atoms with Crippen LogP contribution in [0.15, 0.2) is 77.4 Å². The SMILES string of the molecule is O=C(NCc1ccco1)c1cccc(CN2CCC(Cc3ccccc3)CC2)c1. The maximum Gasteiger partial charge on any atom is 0.251 e. The van der Waals surface area contributed by atoms with E-state index in [0.29, 0.717) is 12.1 Å². The Bertz CT molecular complexity index is 898. The second kappa shape index (κ2) is 9.57. The van der Waals surface area contributed by atoms with Gasteiger partial charge in [-0.3, -0.25) is 9.69 Å². The molecular weight excluding hydrogens is 360 g/mol. The van der Waals surface area contributed by atoms with Crippen LogP contribution in [-0.4, -0.2) is 23.9 Å². The van der Waals surface area contributed by atoms with Crippen LogP contribution in [-0.2, 0) is 19.5 Å². The van der Waals surface area contributed by atoms with Gasteiger partial charge in [-0.25, -0.2) is 0 Å². The maximum absolute atomic E-state index is 12.4. The highest BCUT2D eigenvalue weighted by Gasteiger charge is 2.19. The summed E-state index contributed by atoms with van der Waals surface area (Å²) < 4.78 is 5.27. The predicted octanol–water partition coefficient (Wildman–Crippen LogP) is 4.66. The third-order valence-corrected chi connectivity index (χ3v) is 5.67. The van der Waals surface area contributed by atoms with Crippen molar-refractivity contribution < 1.29 is 9.21 Å². The van der Waals surface area contributed by atoms with Gasteiger partial charge in [0.15, 0.2) is 0 Å². The molecule has 4 heteroatoms. The summed E-state index contributed by atoms with van der Waals surface area (Å²) in [6.45, 7) is 3.54. The van der Waals surface area contributed by atoms with Gasteiger partial charge in [0.05, 0.1) is 12.8 Å². The fourth-order valence-corrected chi connectivity index (χ4v) is 4.05. The first-order chi connectivity index (χ1) is 14.3. The fraction of sp³-hybridized carbons (Fsp3) is 0.320. The fourth-order valence-electron chi connectivity index (χ4n) is 4.05. The Labute approximate surface area is 172 Å². The van der Waals surface area contributed by atoms with E-state index in [2.05, 4.69) is 46.6 Å². The standard InChI is InChI=1S/C25H28N2O2/c28-25(26-18-24-10-5-15-29-24)23-9-4-8-22(17-23)19-27-13-11-21(12-14-27)16-20-6-2-1-3-7-20/h1-10,15,17,21H,11-14,16,18-19H2,(H,26,28). The average molecular weight is 389 g/mol. The average Bonchev–Trinajstić information content (AvgIpc) is 3.28. The van der Waals surface area contributed by atoms with E-state index in [4.69, 9.17) is 4.42 Å². The topological polar surface area (TPSA) is 45.5 Å². The van der Waals surface area contributed by atoms with Crippen LogP contribution in [0.3, 0.4) is 0 Å². The minimum atomic E-state index is -0.0650. The summed E-state index contributed by atoms with van der Waals surface area (Å²) in [6.07, 6.45) is 5.27. The van der Waals surface area contributed by atoms with Crippen molar-refractivity contribution in [1.29, 1.82) is 0 Å². The lowest BCUT2D eigenvalue weighted by atomic mass is 9.90. The van der Waals surface area contributed by atoms with E-state index in [1.54, 1.807) is 6.26 Å². The molecular formula is C25H28N2O2. The van der Waals surface area contributed by atoms with Crippen molar-refractivity contribution >= 4 is 5.91 Å². The Kier molecular flexibility index (Phi) is 6.42. The third-order valence-electron chi connectivity index (χ3n) is 5.67. The van der Waals surface area contributed by atoms with E-state index >= 15 is 0 Å². The predicted molar refractivity (Wildman–Crippen MR) is 114 cm³/mol. The summed E-state index contributed by atoms with van der Waals surface area (Å²) in [6, 6.07) is 22.4. The van der Waals surface area contributed by atoms with Crippen molar-refractivity contribution in [2.24, 2.45) is 5.92 Å². The number of amides is 1. The number of nitrogens with one attached hydrogen (secondary N) is 1. The number of carbonyl (C=O) groups excluding carboxylic acids is 1. The molecule has 4 rings (SSSR count). The number of hydrogen-bond donors (Lipinski definition) is 1. The number of rotatable bonds is 7. The molecule has 1 N–H and O–H groups in total. The molecule has 1 aromatic heterocycles.